The summed E-state index contributed by atoms with van der Waals surface area (Å²) in [6, 6.07) is 17.9. The number of carbonyl (C=O) groups is 2. The maximum atomic E-state index is 12.8. The number of hydrogen-bond acceptors (Lipinski definition) is 4. The average molecular weight is 450 g/mol. The number of carbonyl (C=O) groups excluding carboxylic acids is 2. The van der Waals surface area contributed by atoms with Crippen LogP contribution >= 0.6 is 11.6 Å². The Kier molecular flexibility index (Phi) is 7.46. The van der Waals surface area contributed by atoms with Gasteiger partial charge in [-0.2, -0.15) is 5.10 Å². The number of rotatable bonds is 7. The summed E-state index contributed by atoms with van der Waals surface area (Å²) in [7, 11) is 5.76. The van der Waals surface area contributed by atoms with Crippen LogP contribution in [-0.2, 0) is 11.8 Å². The number of nitrogens with one attached hydrogen (secondary N) is 2. The van der Waals surface area contributed by atoms with E-state index in [2.05, 4.69) is 15.8 Å². The quantitative estimate of drug-likeness (QED) is 0.328. The van der Waals surface area contributed by atoms with Crippen molar-refractivity contribution in [2.24, 2.45) is 12.1 Å². The SMILES string of the molecule is CN(C)c1ccc(/C=C(\NC(=O)c2ccccc2Cl)C(=O)N/N=C/c2cccn2C)cc1. The van der Waals surface area contributed by atoms with Gasteiger partial charge >= 0.3 is 0 Å². The molecule has 0 aliphatic carbocycles. The van der Waals surface area contributed by atoms with Crippen molar-refractivity contribution < 1.29 is 9.59 Å². The van der Waals surface area contributed by atoms with Crippen LogP contribution in [0.25, 0.3) is 6.08 Å². The summed E-state index contributed by atoms with van der Waals surface area (Å²) in [5, 5.41) is 6.95. The van der Waals surface area contributed by atoms with Crippen LogP contribution in [0.4, 0.5) is 5.69 Å². The molecule has 2 aromatic carbocycles. The van der Waals surface area contributed by atoms with Crippen molar-refractivity contribution in [1.29, 1.82) is 0 Å². The summed E-state index contributed by atoms with van der Waals surface area (Å²) in [6.07, 6.45) is 4.98. The second kappa shape index (κ2) is 10.5. The first-order valence-electron chi connectivity index (χ1n) is 9.85. The van der Waals surface area contributed by atoms with Crippen molar-refractivity contribution in [3.8, 4) is 0 Å². The second-order valence-electron chi connectivity index (χ2n) is 7.22. The van der Waals surface area contributed by atoms with Gasteiger partial charge in [0.05, 0.1) is 22.5 Å². The van der Waals surface area contributed by atoms with Gasteiger partial charge in [0.1, 0.15) is 5.70 Å². The molecule has 0 aliphatic rings. The van der Waals surface area contributed by atoms with Crippen molar-refractivity contribution in [3.05, 3.63) is 94.4 Å². The molecule has 0 saturated heterocycles. The lowest BCUT2D eigenvalue weighted by molar-refractivity contribution is -0.117. The summed E-state index contributed by atoms with van der Waals surface area (Å²) in [4.78, 5) is 27.6. The molecule has 7 nitrogen and oxygen atoms in total. The predicted octanol–water partition coefficient (Wildman–Crippen LogP) is 3.67. The van der Waals surface area contributed by atoms with Crippen molar-refractivity contribution >= 4 is 41.4 Å². The molecular formula is C24H24ClN5O2. The lowest BCUT2D eigenvalue weighted by Crippen LogP contribution is -2.33. The lowest BCUT2D eigenvalue weighted by atomic mass is 10.1. The highest BCUT2D eigenvalue weighted by Gasteiger charge is 2.16. The average Bonchev–Trinajstić information content (AvgIpc) is 3.18. The molecule has 2 N–H and O–H groups in total. The van der Waals surface area contributed by atoms with Crippen LogP contribution in [0.3, 0.4) is 0 Å². The minimum absolute atomic E-state index is 0.0385. The van der Waals surface area contributed by atoms with Gasteiger partial charge in [0.15, 0.2) is 0 Å². The normalized spacial score (nSPS) is 11.4. The third-order valence-electron chi connectivity index (χ3n) is 4.68. The van der Waals surface area contributed by atoms with Crippen molar-refractivity contribution in [2.45, 2.75) is 0 Å². The van der Waals surface area contributed by atoms with E-state index in [1.807, 2.05) is 73.2 Å². The molecule has 1 heterocycles. The Hall–Kier alpha value is -3.84. The molecule has 3 rings (SSSR count). The molecule has 1 aromatic heterocycles. The fourth-order valence-corrected chi connectivity index (χ4v) is 3.08. The molecule has 8 heteroatoms. The molecule has 0 fully saturated rings. The molecule has 3 aromatic rings. The van der Waals surface area contributed by atoms with Gasteiger partial charge in [0, 0.05) is 33.0 Å². The van der Waals surface area contributed by atoms with Crippen LogP contribution in [0.15, 0.2) is 77.7 Å². The van der Waals surface area contributed by atoms with E-state index in [9.17, 15) is 9.59 Å². The Bertz CT molecular complexity index is 1160. The van der Waals surface area contributed by atoms with Gasteiger partial charge in [-0.15, -0.1) is 0 Å². The zero-order chi connectivity index (χ0) is 23.1. The highest BCUT2D eigenvalue weighted by Crippen LogP contribution is 2.17. The third-order valence-corrected chi connectivity index (χ3v) is 5.01. The highest BCUT2D eigenvalue weighted by molar-refractivity contribution is 6.34. The summed E-state index contributed by atoms with van der Waals surface area (Å²) in [5.74, 6) is -1.05. The molecular weight excluding hydrogens is 426 g/mol. The molecule has 0 spiro atoms. The lowest BCUT2D eigenvalue weighted by Gasteiger charge is -2.13. The Labute approximate surface area is 192 Å². The van der Waals surface area contributed by atoms with Gasteiger partial charge in [0.2, 0.25) is 0 Å². The third kappa shape index (κ3) is 5.86. The monoisotopic (exact) mass is 449 g/mol. The van der Waals surface area contributed by atoms with E-state index in [4.69, 9.17) is 11.6 Å². The number of aromatic nitrogens is 1. The van der Waals surface area contributed by atoms with Gasteiger partial charge in [-0.1, -0.05) is 35.9 Å². The minimum Gasteiger partial charge on any atom is -0.378 e. The molecule has 0 aliphatic heterocycles. The van der Waals surface area contributed by atoms with Crippen LogP contribution in [0.1, 0.15) is 21.6 Å². The fraction of sp³-hybridized carbons (Fsp3) is 0.125. The number of benzene rings is 2. The Balaban J connectivity index is 1.85. The molecule has 0 saturated carbocycles. The van der Waals surface area contributed by atoms with Gasteiger partial charge in [-0.25, -0.2) is 5.43 Å². The number of hydrazone groups is 1. The zero-order valence-electron chi connectivity index (χ0n) is 18.0. The number of halogens is 1. The van der Waals surface area contributed by atoms with E-state index in [-0.39, 0.29) is 11.3 Å². The first-order valence-corrected chi connectivity index (χ1v) is 10.2. The number of amides is 2. The first-order chi connectivity index (χ1) is 15.3. The van der Waals surface area contributed by atoms with Crippen LogP contribution in [0.2, 0.25) is 5.02 Å². The number of hydrogen-bond donors (Lipinski definition) is 2. The number of nitrogens with zero attached hydrogens (tertiary/aromatic N) is 3. The summed E-state index contributed by atoms with van der Waals surface area (Å²) in [5.41, 5.74) is 5.34. The molecule has 0 unspecified atom stereocenters. The van der Waals surface area contributed by atoms with E-state index < -0.39 is 11.8 Å². The Morgan fingerprint density at radius 1 is 1.03 bits per heavy atom. The second-order valence-corrected chi connectivity index (χ2v) is 7.63. The standard InChI is InChI=1S/C24H24ClN5O2/c1-29(2)18-12-10-17(11-13-18)15-22(27-23(31)20-8-4-5-9-21(20)25)24(32)28-26-16-19-7-6-14-30(19)3/h4-16H,1-3H3,(H,27,31)(H,28,32)/b22-15-,26-16+. The Morgan fingerprint density at radius 2 is 1.75 bits per heavy atom. The molecule has 32 heavy (non-hydrogen) atoms. The van der Waals surface area contributed by atoms with E-state index in [1.165, 1.54) is 6.21 Å². The maximum Gasteiger partial charge on any atom is 0.287 e. The van der Waals surface area contributed by atoms with Gasteiger partial charge in [-0.05, 0) is 48.0 Å². The molecule has 0 bridgehead atoms. The molecule has 164 valence electrons. The number of anilines is 1. The topological polar surface area (TPSA) is 78.7 Å². The summed E-state index contributed by atoms with van der Waals surface area (Å²) in [6.45, 7) is 0. The Morgan fingerprint density at radius 3 is 2.38 bits per heavy atom. The molecule has 2 amide bonds. The fourth-order valence-electron chi connectivity index (χ4n) is 2.85. The predicted molar refractivity (Wildman–Crippen MR) is 129 cm³/mol. The van der Waals surface area contributed by atoms with Crippen LogP contribution in [-0.4, -0.2) is 36.7 Å². The minimum atomic E-state index is -0.562. The largest absolute Gasteiger partial charge is 0.378 e. The maximum absolute atomic E-state index is 12.8. The van der Waals surface area contributed by atoms with E-state index in [0.29, 0.717) is 5.02 Å². The van der Waals surface area contributed by atoms with Crippen molar-refractivity contribution in [2.75, 3.05) is 19.0 Å². The zero-order valence-corrected chi connectivity index (χ0v) is 18.8. The van der Waals surface area contributed by atoms with E-state index in [1.54, 1.807) is 30.3 Å². The smallest absolute Gasteiger partial charge is 0.287 e. The van der Waals surface area contributed by atoms with E-state index in [0.717, 1.165) is 16.9 Å². The van der Waals surface area contributed by atoms with Gasteiger partial charge < -0.3 is 14.8 Å². The molecule has 0 atom stereocenters. The van der Waals surface area contributed by atoms with Crippen molar-refractivity contribution in [3.63, 3.8) is 0 Å². The number of aryl methyl sites for hydroxylation is 1. The van der Waals surface area contributed by atoms with Gasteiger partial charge in [0.25, 0.3) is 11.8 Å². The van der Waals surface area contributed by atoms with Crippen LogP contribution < -0.4 is 15.6 Å². The highest BCUT2D eigenvalue weighted by atomic mass is 35.5. The van der Waals surface area contributed by atoms with Crippen molar-refractivity contribution in [1.82, 2.24) is 15.3 Å². The van der Waals surface area contributed by atoms with Crippen LogP contribution in [0, 0.1) is 0 Å². The van der Waals surface area contributed by atoms with Crippen LogP contribution in [0.5, 0.6) is 0 Å². The van der Waals surface area contributed by atoms with Gasteiger partial charge in [-0.3, -0.25) is 9.59 Å². The van der Waals surface area contributed by atoms with E-state index >= 15 is 0 Å². The molecule has 0 radical (unpaired) electrons. The first kappa shape index (κ1) is 22.8. The summed E-state index contributed by atoms with van der Waals surface area (Å²) >= 11 is 6.13. The summed E-state index contributed by atoms with van der Waals surface area (Å²) < 4.78 is 1.86.